The van der Waals surface area contributed by atoms with Crippen molar-refractivity contribution in [3.05, 3.63) is 42.5 Å². The van der Waals surface area contributed by atoms with E-state index < -0.39 is 16.1 Å². The molecule has 0 heterocycles. The normalized spacial score (nSPS) is 11.2. The van der Waals surface area contributed by atoms with Gasteiger partial charge in [0.05, 0.1) is 11.5 Å². The van der Waals surface area contributed by atoms with Crippen LogP contribution in [0.15, 0.2) is 47.4 Å². The molecule has 1 N–H and O–H groups in total. The van der Waals surface area contributed by atoms with Crippen LogP contribution < -0.4 is 4.72 Å². The number of benzene rings is 2. The van der Waals surface area contributed by atoms with E-state index in [1.165, 1.54) is 6.07 Å². The van der Waals surface area contributed by atoms with Crippen molar-refractivity contribution in [2.24, 2.45) is 0 Å². The molecule has 0 aliphatic rings. The number of fused-ring (bicyclic) bond motifs is 1. The Morgan fingerprint density at radius 2 is 1.84 bits per heavy atom. The highest BCUT2D eigenvalue weighted by molar-refractivity contribution is 7.90. The first-order chi connectivity index (χ1) is 9.04. The fourth-order valence-corrected chi connectivity index (χ4v) is 2.88. The number of sulfonamides is 1. The average molecular weight is 279 g/mol. The van der Waals surface area contributed by atoms with Gasteiger partial charge in [-0.1, -0.05) is 36.4 Å². The maximum absolute atomic E-state index is 12.1. The predicted octanol–water partition coefficient (Wildman–Crippen LogP) is 2.27. The second kappa shape index (κ2) is 5.27. The van der Waals surface area contributed by atoms with Crippen molar-refractivity contribution in [3.63, 3.8) is 0 Å². The summed E-state index contributed by atoms with van der Waals surface area (Å²) in [5, 5.41) is 1.34. The van der Waals surface area contributed by atoms with Gasteiger partial charge in [-0.3, -0.25) is 0 Å². The molecule has 0 fully saturated rings. The van der Waals surface area contributed by atoms with Crippen LogP contribution in [0, 0.1) is 0 Å². The van der Waals surface area contributed by atoms with Gasteiger partial charge in [0.15, 0.2) is 0 Å². The smallest absolute Gasteiger partial charge is 0.421 e. The number of nitrogens with one attached hydrogen (secondary N) is 1. The van der Waals surface area contributed by atoms with Gasteiger partial charge in [0.2, 0.25) is 0 Å². The maximum Gasteiger partial charge on any atom is 0.421 e. The summed E-state index contributed by atoms with van der Waals surface area (Å²) in [7, 11) is -3.93. The summed E-state index contributed by atoms with van der Waals surface area (Å²) < 4.78 is 30.7. The first kappa shape index (κ1) is 13.4. The first-order valence-electron chi connectivity index (χ1n) is 5.72. The van der Waals surface area contributed by atoms with Crippen molar-refractivity contribution in [1.82, 2.24) is 4.72 Å². The molecule has 0 aliphatic carbocycles. The highest BCUT2D eigenvalue weighted by Crippen LogP contribution is 2.22. The fourth-order valence-electron chi connectivity index (χ4n) is 1.76. The fraction of sp³-hybridized carbons (Fsp3) is 0.154. The summed E-state index contributed by atoms with van der Waals surface area (Å²) in [4.78, 5) is 11.3. The van der Waals surface area contributed by atoms with Crippen LogP contribution in [0.1, 0.15) is 6.92 Å². The quantitative estimate of drug-likeness (QED) is 0.935. The van der Waals surface area contributed by atoms with Crippen molar-refractivity contribution in [2.75, 3.05) is 6.61 Å². The molecule has 1 amide bonds. The molecule has 0 atom stereocenters. The van der Waals surface area contributed by atoms with Crippen LogP contribution in [0.3, 0.4) is 0 Å². The highest BCUT2D eigenvalue weighted by Gasteiger charge is 2.20. The molecule has 2 rings (SSSR count). The minimum Gasteiger partial charge on any atom is -0.449 e. The number of amides is 1. The molecule has 2 aromatic carbocycles. The molecule has 0 aromatic heterocycles. The minimum absolute atomic E-state index is 0.0543. The van der Waals surface area contributed by atoms with Gasteiger partial charge in [-0.15, -0.1) is 0 Å². The Balaban J connectivity index is 2.46. The summed E-state index contributed by atoms with van der Waals surface area (Å²) in [6, 6.07) is 11.9. The number of carbonyl (C=O) groups is 1. The van der Waals surface area contributed by atoms with Gasteiger partial charge >= 0.3 is 6.09 Å². The molecule has 0 aliphatic heterocycles. The van der Waals surface area contributed by atoms with Crippen molar-refractivity contribution < 1.29 is 17.9 Å². The number of hydrogen-bond donors (Lipinski definition) is 1. The predicted molar refractivity (Wildman–Crippen MR) is 71.3 cm³/mol. The monoisotopic (exact) mass is 279 g/mol. The summed E-state index contributed by atoms with van der Waals surface area (Å²) in [5.41, 5.74) is 0. The van der Waals surface area contributed by atoms with E-state index in [1.54, 1.807) is 37.3 Å². The van der Waals surface area contributed by atoms with Crippen LogP contribution in [0.5, 0.6) is 0 Å². The van der Waals surface area contributed by atoms with E-state index in [2.05, 4.69) is 4.74 Å². The Morgan fingerprint density at radius 1 is 1.16 bits per heavy atom. The van der Waals surface area contributed by atoms with Crippen LogP contribution >= 0.6 is 0 Å². The van der Waals surface area contributed by atoms with E-state index in [9.17, 15) is 13.2 Å². The van der Waals surface area contributed by atoms with Crippen LogP contribution in [0.25, 0.3) is 10.8 Å². The molecule has 0 spiro atoms. The van der Waals surface area contributed by atoms with Crippen LogP contribution in [0.4, 0.5) is 4.79 Å². The molecule has 0 radical (unpaired) electrons. The lowest BCUT2D eigenvalue weighted by molar-refractivity contribution is 0.158. The minimum atomic E-state index is -3.93. The average Bonchev–Trinajstić information content (AvgIpc) is 2.37. The molecular weight excluding hydrogens is 266 g/mol. The lowest BCUT2D eigenvalue weighted by atomic mass is 10.1. The molecule has 0 saturated carbocycles. The van der Waals surface area contributed by atoms with E-state index in [4.69, 9.17) is 0 Å². The number of rotatable bonds is 3. The van der Waals surface area contributed by atoms with Crippen LogP contribution in [0.2, 0.25) is 0 Å². The maximum atomic E-state index is 12.1. The van der Waals surface area contributed by atoms with Gasteiger partial charge in [0.1, 0.15) is 0 Å². The van der Waals surface area contributed by atoms with Crippen LogP contribution in [-0.2, 0) is 14.8 Å². The number of ether oxygens (including phenoxy) is 1. The lowest BCUT2D eigenvalue weighted by Crippen LogP contribution is -2.31. The standard InChI is InChI=1S/C13H13NO4S/c1-2-18-13(15)14-19(16,17)12-9-5-7-10-6-3-4-8-11(10)12/h3-9H,2H2,1H3,(H,14,15). The largest absolute Gasteiger partial charge is 0.449 e. The number of hydrogen-bond acceptors (Lipinski definition) is 4. The van der Waals surface area contributed by atoms with Gasteiger partial charge in [-0.25, -0.2) is 17.9 Å². The van der Waals surface area contributed by atoms with E-state index >= 15 is 0 Å². The van der Waals surface area contributed by atoms with Gasteiger partial charge < -0.3 is 4.74 Å². The van der Waals surface area contributed by atoms with Gasteiger partial charge in [-0.05, 0) is 18.4 Å². The van der Waals surface area contributed by atoms with Gasteiger partial charge in [-0.2, -0.15) is 0 Å². The van der Waals surface area contributed by atoms with Crippen molar-refractivity contribution in [1.29, 1.82) is 0 Å². The zero-order valence-electron chi connectivity index (χ0n) is 10.3. The van der Waals surface area contributed by atoms with E-state index in [0.717, 1.165) is 5.39 Å². The van der Waals surface area contributed by atoms with E-state index in [1.807, 2.05) is 10.8 Å². The molecule has 6 heteroatoms. The number of carbonyl (C=O) groups excluding carboxylic acids is 1. The Labute approximate surface area is 111 Å². The molecule has 19 heavy (non-hydrogen) atoms. The lowest BCUT2D eigenvalue weighted by Gasteiger charge is -2.09. The second-order valence-corrected chi connectivity index (χ2v) is 5.45. The van der Waals surface area contributed by atoms with E-state index in [-0.39, 0.29) is 11.5 Å². The second-order valence-electron chi connectivity index (χ2n) is 3.80. The molecule has 5 nitrogen and oxygen atoms in total. The molecule has 0 bridgehead atoms. The Morgan fingerprint density at radius 3 is 2.58 bits per heavy atom. The Kier molecular flexibility index (Phi) is 3.71. The molecule has 0 unspecified atom stereocenters. The SMILES string of the molecule is CCOC(=O)NS(=O)(=O)c1cccc2ccccc12. The highest BCUT2D eigenvalue weighted by atomic mass is 32.2. The van der Waals surface area contributed by atoms with Gasteiger partial charge in [0, 0.05) is 5.39 Å². The topological polar surface area (TPSA) is 72.5 Å². The summed E-state index contributed by atoms with van der Waals surface area (Å²) in [6.07, 6.45) is -0.976. The summed E-state index contributed by atoms with van der Waals surface area (Å²) >= 11 is 0. The zero-order chi connectivity index (χ0) is 13.9. The summed E-state index contributed by atoms with van der Waals surface area (Å²) in [5.74, 6) is 0. The van der Waals surface area contributed by atoms with E-state index in [0.29, 0.717) is 5.39 Å². The molecular formula is C13H13NO4S. The third-order valence-corrected chi connectivity index (χ3v) is 3.90. The third kappa shape index (κ3) is 2.85. The molecule has 2 aromatic rings. The van der Waals surface area contributed by atoms with Crippen LogP contribution in [-0.4, -0.2) is 21.1 Å². The molecule has 0 saturated heterocycles. The Hall–Kier alpha value is -2.08. The van der Waals surface area contributed by atoms with Crippen molar-refractivity contribution in [2.45, 2.75) is 11.8 Å². The summed E-state index contributed by atoms with van der Waals surface area (Å²) in [6.45, 7) is 1.71. The first-order valence-corrected chi connectivity index (χ1v) is 7.20. The Bertz CT molecular complexity index is 704. The van der Waals surface area contributed by atoms with Gasteiger partial charge in [0.25, 0.3) is 10.0 Å². The van der Waals surface area contributed by atoms with Crippen molar-refractivity contribution >= 4 is 26.9 Å². The molecule has 100 valence electrons. The van der Waals surface area contributed by atoms with Crippen molar-refractivity contribution in [3.8, 4) is 0 Å². The third-order valence-electron chi connectivity index (χ3n) is 2.53. The zero-order valence-corrected chi connectivity index (χ0v) is 11.1.